The molecule has 0 unspecified atom stereocenters. The summed E-state index contributed by atoms with van der Waals surface area (Å²) in [6.07, 6.45) is 23.8. The van der Waals surface area contributed by atoms with Gasteiger partial charge in [0.2, 0.25) is 0 Å². The summed E-state index contributed by atoms with van der Waals surface area (Å²) in [6, 6.07) is 108. The molecule has 0 N–H and O–H groups in total. The van der Waals surface area contributed by atoms with Gasteiger partial charge in [-0.1, -0.05) is 287 Å². The zero-order valence-electron chi connectivity index (χ0n) is 80.2. The second-order valence-electron chi connectivity index (χ2n) is 35.9. The first kappa shape index (κ1) is 111. The first-order valence-electron chi connectivity index (χ1n) is 45.5. The molecule has 137 heavy (non-hydrogen) atoms. The van der Waals surface area contributed by atoms with Crippen LogP contribution in [0.25, 0.3) is 125 Å². The van der Waals surface area contributed by atoms with Crippen LogP contribution in [0.3, 0.4) is 0 Å². The van der Waals surface area contributed by atoms with E-state index in [-0.39, 0.29) is 229 Å². The van der Waals surface area contributed by atoms with Gasteiger partial charge < -0.3 is 82.2 Å². The van der Waals surface area contributed by atoms with E-state index >= 15 is 0 Å². The summed E-state index contributed by atoms with van der Waals surface area (Å²) in [5.74, 6) is 0. The van der Waals surface area contributed by atoms with Gasteiger partial charge in [0.25, 0.3) is 0 Å². The van der Waals surface area contributed by atoms with Gasteiger partial charge >= 0.3 is 0 Å². The Morgan fingerprint density at radius 2 is 0.752 bits per heavy atom. The summed E-state index contributed by atoms with van der Waals surface area (Å²) < 4.78 is 0. The van der Waals surface area contributed by atoms with Crippen LogP contribution < -0.4 is 0 Å². The molecule has 25 rings (SSSR count). The van der Waals surface area contributed by atoms with E-state index in [9.17, 15) is 0 Å². The maximum Gasteiger partial charge on any atom is 0 e. The molecule has 0 saturated carbocycles. The summed E-state index contributed by atoms with van der Waals surface area (Å²) in [6.45, 7) is 55.1. The summed E-state index contributed by atoms with van der Waals surface area (Å²) >= 11 is 0. The standard InChI is InChI=1S/2C17H14.C16H14.C16H12.C16H14.3C16H12.7Y/c1-11-5-6-13-10-17-14-4-2-3-12(14)7-8-15(17)16(13)9-11;1-4-13-7-12(3)9-17-15-8-11(2)5-6-14(15)10-16(13)17;2*1-3-12-5-7-14-10-13-6-4-11(2)8-15(13)16(14)9-12;2*1-3-12-5-4-6-13-10-14-9-11(2)7-8-15(14)16(12)13;1-3-12-8-11(2)15-10-13-6-4-5-7-14(13)16(15)9-12;1-3-12-8-9-15-14-7-5-4-6-13(14)10-16(15)11(12)2;;;;;;;/h2-3,5-9H,4,10H2,1H3;1,4-6,8-9H,10H2,2-3H3;4-8H,1,3,10H2,2H3;1,3-8H,10H2,2H3;4,6-9H,1,3,10H2,2H3;1,3-4,6-9H,10H2,2H3;2*1,3-7,9H,10H2,2H3;;;;;;;/q;7*-2;;;;;;;. The van der Waals surface area contributed by atoms with Gasteiger partial charge in [-0.15, -0.1) is 103 Å². The number of rotatable bonds is 7. The third-order valence-corrected chi connectivity index (χ3v) is 27.0. The minimum Gasteiger partial charge on any atom is -0.344 e. The van der Waals surface area contributed by atoms with Crippen molar-refractivity contribution in [3.8, 4) is 89.0 Å². The van der Waals surface area contributed by atoms with E-state index in [0.717, 1.165) is 104 Å². The Morgan fingerprint density at radius 1 is 0.292 bits per heavy atom. The second kappa shape index (κ2) is 49.8. The number of aryl methyl sites for hydroxylation is 8. The second-order valence-corrected chi connectivity index (χ2v) is 35.9. The third kappa shape index (κ3) is 23.9. The van der Waals surface area contributed by atoms with Gasteiger partial charge in [-0.25, -0.2) is 53.6 Å². The van der Waals surface area contributed by atoms with Crippen LogP contribution in [0.5, 0.6) is 0 Å². The quantitative estimate of drug-likeness (QED) is 0.140. The molecule has 0 nitrogen and oxygen atoms in total. The molecule has 16 aromatic rings. The van der Waals surface area contributed by atoms with Crippen molar-refractivity contribution in [2.75, 3.05) is 0 Å². The molecule has 7 heteroatoms. The molecular weight excluding hydrogens is 2180 g/mol. The number of allylic oxidation sites excluding steroid dienone is 1. The number of hydrogen-bond donors (Lipinski definition) is 0. The molecule has 0 bridgehead atoms. The molecule has 0 aromatic heterocycles. The van der Waals surface area contributed by atoms with E-state index in [4.69, 9.17) is 32.9 Å². The molecule has 0 fully saturated rings. The largest absolute Gasteiger partial charge is 0.344 e. The summed E-state index contributed by atoms with van der Waals surface area (Å²) in [5.41, 5.74) is 66.1. The molecule has 9 aliphatic carbocycles. The molecular formula is C130H104Y7-14. The minimum atomic E-state index is 0. The van der Waals surface area contributed by atoms with E-state index in [2.05, 4.69) is 349 Å². The average Bonchev–Trinajstić information content (AvgIpc) is 1.59. The SMILES string of the molecule is Cc1ccc2c(c1)-c1ccc3c(c1C2)CC=C3.[CH-]=Cc1[c-]c(C)c2c(c1)-c1ccccc1C2.[CH-]=Cc1[c-]c(C)cc2c1Cc1ccc(C)cc1-2.[CH-]=Cc1[c-]c2c(cc1)Cc1ccc(C)cc1-2.[CH-]=Cc1[c-]cc2c(c1C)Cc1ccccc1-2.[CH-]=Cc1[c-]ccc2c1-c1ccc(C)cc1C2.[CH2-]Cc1[c-]c2c(cc1)Cc1ccc(C)cc1-2.[CH2-]Cc1[c-]ccc2c1-c1ccc(C)cc1C2.[Y].[Y].[Y].[Y].[Y].[Y].[Y]. The van der Waals surface area contributed by atoms with Crippen molar-refractivity contribution in [3.63, 3.8) is 0 Å². The molecule has 659 valence electrons. The summed E-state index contributed by atoms with van der Waals surface area (Å²) in [4.78, 5) is 0. The maximum atomic E-state index is 5.70. The molecule has 7 radical (unpaired) electrons. The van der Waals surface area contributed by atoms with Crippen molar-refractivity contribution < 1.29 is 229 Å². The Hall–Kier alpha value is -6.31. The zero-order chi connectivity index (χ0) is 90.1. The minimum absolute atomic E-state index is 0. The smallest absolute Gasteiger partial charge is 0 e. The van der Waals surface area contributed by atoms with E-state index in [1.807, 2.05) is 18.2 Å². The van der Waals surface area contributed by atoms with Crippen molar-refractivity contribution in [1.82, 2.24) is 0 Å². The molecule has 0 heterocycles. The van der Waals surface area contributed by atoms with Crippen molar-refractivity contribution in [3.05, 3.63) is 521 Å². The first-order chi connectivity index (χ1) is 63.2. The number of fused-ring (bicyclic) bond motifs is 26. The fourth-order valence-electron chi connectivity index (χ4n) is 20.5. The average molecular weight is 2290 g/mol. The van der Waals surface area contributed by atoms with Gasteiger partial charge in [0.1, 0.15) is 0 Å². The van der Waals surface area contributed by atoms with Crippen LogP contribution in [0.15, 0.2) is 243 Å². The van der Waals surface area contributed by atoms with E-state index in [1.165, 1.54) is 234 Å². The van der Waals surface area contributed by atoms with E-state index in [1.54, 1.807) is 41.5 Å². The van der Waals surface area contributed by atoms with Crippen LogP contribution in [0.1, 0.15) is 189 Å². The molecule has 0 saturated heterocycles. The summed E-state index contributed by atoms with van der Waals surface area (Å²) in [5, 5.41) is 0. The van der Waals surface area contributed by atoms with E-state index in [0.29, 0.717) is 0 Å². The van der Waals surface area contributed by atoms with E-state index < -0.39 is 0 Å². The van der Waals surface area contributed by atoms with Crippen LogP contribution in [0.2, 0.25) is 0 Å². The Bertz CT molecular complexity index is 7320. The Balaban J connectivity index is 0.000000149. The normalized spacial score (nSPS) is 11.8. The fourth-order valence-corrected chi connectivity index (χ4v) is 20.5. The van der Waals surface area contributed by atoms with Gasteiger partial charge in [0.05, 0.1) is 0 Å². The van der Waals surface area contributed by atoms with Crippen molar-refractivity contribution in [2.45, 2.75) is 133 Å². The van der Waals surface area contributed by atoms with Gasteiger partial charge in [0.15, 0.2) is 0 Å². The van der Waals surface area contributed by atoms with Gasteiger partial charge in [0, 0.05) is 229 Å². The monoisotopic (exact) mass is 2290 g/mol. The third-order valence-electron chi connectivity index (χ3n) is 27.0. The maximum absolute atomic E-state index is 5.70. The Labute approximate surface area is 993 Å². The first-order valence-corrected chi connectivity index (χ1v) is 45.5. The molecule has 9 aliphatic rings. The topological polar surface area (TPSA) is 0 Å². The van der Waals surface area contributed by atoms with Gasteiger partial charge in [-0.2, -0.15) is 65.4 Å². The Morgan fingerprint density at radius 3 is 1.33 bits per heavy atom. The van der Waals surface area contributed by atoms with Gasteiger partial charge in [-0.3, -0.25) is 22.8 Å². The van der Waals surface area contributed by atoms with Crippen LogP contribution in [0.4, 0.5) is 0 Å². The van der Waals surface area contributed by atoms with Crippen LogP contribution in [-0.2, 0) is 300 Å². The summed E-state index contributed by atoms with van der Waals surface area (Å²) in [7, 11) is 0. The molecule has 0 atom stereocenters. The van der Waals surface area contributed by atoms with Crippen LogP contribution in [0, 0.1) is 152 Å². The predicted molar refractivity (Wildman–Crippen MR) is 547 cm³/mol. The molecule has 16 aromatic carbocycles. The van der Waals surface area contributed by atoms with Crippen molar-refractivity contribution >= 4 is 36.5 Å². The molecule has 0 spiro atoms. The van der Waals surface area contributed by atoms with Gasteiger partial charge in [-0.05, 0) is 165 Å². The number of benzene rings is 16. The molecule has 0 aliphatic heterocycles. The van der Waals surface area contributed by atoms with Crippen LogP contribution >= 0.6 is 0 Å². The zero-order valence-corrected chi connectivity index (χ0v) is 100. The Kier molecular flexibility index (Phi) is 40.4. The van der Waals surface area contributed by atoms with Crippen molar-refractivity contribution in [1.29, 1.82) is 0 Å². The van der Waals surface area contributed by atoms with Crippen LogP contribution in [-0.4, -0.2) is 0 Å². The molecule has 0 amide bonds. The predicted octanol–water partition coefficient (Wildman–Crippen LogP) is 31.0. The van der Waals surface area contributed by atoms with Crippen molar-refractivity contribution in [2.24, 2.45) is 0 Å². The number of hydrogen-bond acceptors (Lipinski definition) is 0. The fraction of sp³-hybridized carbons (Fsp3) is 0.154.